The minimum atomic E-state index is 0.624. The van der Waals surface area contributed by atoms with Crippen LogP contribution < -0.4 is 4.74 Å². The lowest BCUT2D eigenvalue weighted by molar-refractivity contribution is 0.215. The summed E-state index contributed by atoms with van der Waals surface area (Å²) >= 11 is 0. The molecule has 3 rings (SSSR count). The Bertz CT molecular complexity index is 765. The van der Waals surface area contributed by atoms with Crippen molar-refractivity contribution in [3.63, 3.8) is 0 Å². The lowest BCUT2D eigenvalue weighted by Gasteiger charge is -2.05. The van der Waals surface area contributed by atoms with Gasteiger partial charge in [-0.15, -0.1) is 5.10 Å². The van der Waals surface area contributed by atoms with Gasteiger partial charge in [-0.1, -0.05) is 5.16 Å². The molecule has 0 amide bonds. The summed E-state index contributed by atoms with van der Waals surface area (Å²) in [4.78, 5) is 4.70. The number of tetrazole rings is 1. The minimum absolute atomic E-state index is 0.624. The molecule has 7 nitrogen and oxygen atoms in total. The van der Waals surface area contributed by atoms with Gasteiger partial charge in [0.25, 0.3) is 0 Å². The average molecular weight is 257 g/mol. The Kier molecular flexibility index (Phi) is 2.71. The van der Waals surface area contributed by atoms with Crippen LogP contribution in [0.15, 0.2) is 29.4 Å². The standard InChI is InChI=1S/C12H11N5O2/c1-18-10-3-4-11-8(6-10)5-9(7-13-19-2)12-14-15-16-17(11)12/h3-7H,1-2H3/b13-7+. The summed E-state index contributed by atoms with van der Waals surface area (Å²) in [6, 6.07) is 7.63. The summed E-state index contributed by atoms with van der Waals surface area (Å²) < 4.78 is 6.88. The van der Waals surface area contributed by atoms with E-state index in [1.165, 1.54) is 7.11 Å². The fourth-order valence-electron chi connectivity index (χ4n) is 1.93. The maximum Gasteiger partial charge on any atom is 0.188 e. The van der Waals surface area contributed by atoms with E-state index in [4.69, 9.17) is 9.57 Å². The second-order valence-corrected chi connectivity index (χ2v) is 3.86. The molecule has 0 radical (unpaired) electrons. The number of hydrogen-bond acceptors (Lipinski definition) is 6. The third kappa shape index (κ3) is 1.85. The van der Waals surface area contributed by atoms with E-state index in [1.807, 2.05) is 24.3 Å². The lowest BCUT2D eigenvalue weighted by atomic mass is 10.1. The summed E-state index contributed by atoms with van der Waals surface area (Å²) in [5.41, 5.74) is 2.29. The molecule has 7 heteroatoms. The number of aromatic nitrogens is 4. The number of oxime groups is 1. The first-order chi connectivity index (χ1) is 9.33. The Morgan fingerprint density at radius 3 is 2.95 bits per heavy atom. The van der Waals surface area contributed by atoms with Crippen molar-refractivity contribution in [2.75, 3.05) is 14.2 Å². The van der Waals surface area contributed by atoms with Gasteiger partial charge in [0.05, 0.1) is 18.8 Å². The number of methoxy groups -OCH3 is 1. The molecular formula is C12H11N5O2. The van der Waals surface area contributed by atoms with Crippen molar-refractivity contribution < 1.29 is 9.57 Å². The first-order valence-corrected chi connectivity index (χ1v) is 5.59. The molecule has 2 aromatic heterocycles. The van der Waals surface area contributed by atoms with Gasteiger partial charge in [0.15, 0.2) is 5.65 Å². The van der Waals surface area contributed by atoms with E-state index in [1.54, 1.807) is 17.8 Å². The third-order valence-electron chi connectivity index (χ3n) is 2.80. The molecule has 96 valence electrons. The van der Waals surface area contributed by atoms with Gasteiger partial charge in [-0.3, -0.25) is 0 Å². The van der Waals surface area contributed by atoms with Crippen LogP contribution in [0.2, 0.25) is 0 Å². The number of pyridine rings is 1. The summed E-state index contributed by atoms with van der Waals surface area (Å²) in [5, 5.41) is 16.4. The van der Waals surface area contributed by atoms with E-state index >= 15 is 0 Å². The van der Waals surface area contributed by atoms with E-state index in [9.17, 15) is 0 Å². The van der Waals surface area contributed by atoms with Crippen LogP contribution in [0.1, 0.15) is 5.56 Å². The van der Waals surface area contributed by atoms with E-state index in [0.29, 0.717) is 5.65 Å². The quantitative estimate of drug-likeness (QED) is 0.521. The SMILES string of the molecule is CO/N=C/c1cc2cc(OC)ccc2n2nnnc12. The first kappa shape index (κ1) is 11.4. The zero-order valence-electron chi connectivity index (χ0n) is 10.4. The Morgan fingerprint density at radius 1 is 1.26 bits per heavy atom. The van der Waals surface area contributed by atoms with Crippen LogP contribution in [0, 0.1) is 0 Å². The number of fused-ring (bicyclic) bond motifs is 3. The van der Waals surface area contributed by atoms with Gasteiger partial charge in [0.2, 0.25) is 0 Å². The predicted molar refractivity (Wildman–Crippen MR) is 69.4 cm³/mol. The molecule has 0 aliphatic rings. The van der Waals surface area contributed by atoms with Gasteiger partial charge in [-0.05, 0) is 34.7 Å². The van der Waals surface area contributed by atoms with Crippen molar-refractivity contribution in [2.24, 2.45) is 5.16 Å². The van der Waals surface area contributed by atoms with E-state index in [0.717, 1.165) is 22.2 Å². The predicted octanol–water partition coefficient (Wildman–Crippen LogP) is 1.27. The van der Waals surface area contributed by atoms with Crippen molar-refractivity contribution in [3.8, 4) is 5.75 Å². The molecule has 1 aromatic carbocycles. The average Bonchev–Trinajstić information content (AvgIpc) is 2.93. The fourth-order valence-corrected chi connectivity index (χ4v) is 1.93. The van der Waals surface area contributed by atoms with Crippen LogP contribution in [0.3, 0.4) is 0 Å². The van der Waals surface area contributed by atoms with Crippen LogP contribution in [-0.4, -0.2) is 40.5 Å². The smallest absolute Gasteiger partial charge is 0.188 e. The molecule has 0 saturated heterocycles. The van der Waals surface area contributed by atoms with Gasteiger partial charge >= 0.3 is 0 Å². The van der Waals surface area contributed by atoms with Crippen molar-refractivity contribution in [1.82, 2.24) is 20.0 Å². The maximum absolute atomic E-state index is 5.22. The zero-order chi connectivity index (χ0) is 13.2. The van der Waals surface area contributed by atoms with Crippen molar-refractivity contribution in [3.05, 3.63) is 29.8 Å². The molecule has 19 heavy (non-hydrogen) atoms. The molecule has 0 fully saturated rings. The van der Waals surface area contributed by atoms with E-state index < -0.39 is 0 Å². The summed E-state index contributed by atoms with van der Waals surface area (Å²) in [6.07, 6.45) is 1.57. The maximum atomic E-state index is 5.22. The molecular weight excluding hydrogens is 246 g/mol. The minimum Gasteiger partial charge on any atom is -0.497 e. The largest absolute Gasteiger partial charge is 0.497 e. The number of ether oxygens (including phenoxy) is 1. The van der Waals surface area contributed by atoms with Crippen molar-refractivity contribution >= 4 is 22.8 Å². The monoisotopic (exact) mass is 257 g/mol. The highest BCUT2D eigenvalue weighted by Gasteiger charge is 2.09. The highest BCUT2D eigenvalue weighted by atomic mass is 16.6. The second-order valence-electron chi connectivity index (χ2n) is 3.86. The van der Waals surface area contributed by atoms with Gasteiger partial charge in [-0.25, -0.2) is 0 Å². The van der Waals surface area contributed by atoms with Crippen LogP contribution in [0.25, 0.3) is 16.6 Å². The number of hydrogen-bond donors (Lipinski definition) is 0. The van der Waals surface area contributed by atoms with Gasteiger partial charge in [0.1, 0.15) is 12.9 Å². The Labute approximate surface area is 108 Å². The van der Waals surface area contributed by atoms with E-state index in [-0.39, 0.29) is 0 Å². The molecule has 0 aliphatic carbocycles. The van der Waals surface area contributed by atoms with Gasteiger partial charge < -0.3 is 9.57 Å². The topological polar surface area (TPSA) is 73.9 Å². The first-order valence-electron chi connectivity index (χ1n) is 5.59. The molecule has 2 heterocycles. The molecule has 0 N–H and O–H groups in total. The van der Waals surface area contributed by atoms with Crippen molar-refractivity contribution in [2.45, 2.75) is 0 Å². The summed E-state index contributed by atoms with van der Waals surface area (Å²) in [6.45, 7) is 0. The van der Waals surface area contributed by atoms with Gasteiger partial charge in [-0.2, -0.15) is 4.52 Å². The molecule has 0 spiro atoms. The zero-order valence-corrected chi connectivity index (χ0v) is 10.4. The molecule has 0 atom stereocenters. The Hall–Kier alpha value is -2.70. The highest BCUT2D eigenvalue weighted by Crippen LogP contribution is 2.22. The van der Waals surface area contributed by atoms with Crippen LogP contribution in [0.4, 0.5) is 0 Å². The van der Waals surface area contributed by atoms with Crippen LogP contribution in [-0.2, 0) is 4.84 Å². The number of benzene rings is 1. The molecule has 0 aliphatic heterocycles. The lowest BCUT2D eigenvalue weighted by Crippen LogP contribution is -1.96. The number of rotatable bonds is 3. The summed E-state index contributed by atoms with van der Waals surface area (Å²) in [5.74, 6) is 0.773. The molecule has 0 saturated carbocycles. The van der Waals surface area contributed by atoms with E-state index in [2.05, 4.69) is 20.7 Å². The molecule has 0 bridgehead atoms. The fraction of sp³-hybridized carbons (Fsp3) is 0.167. The van der Waals surface area contributed by atoms with Crippen molar-refractivity contribution in [1.29, 1.82) is 0 Å². The Morgan fingerprint density at radius 2 is 2.16 bits per heavy atom. The normalized spacial score (nSPS) is 11.5. The van der Waals surface area contributed by atoms with Gasteiger partial charge in [0, 0.05) is 10.9 Å². The Balaban J connectivity index is 2.34. The second kappa shape index (κ2) is 4.52. The number of nitrogens with zero attached hydrogens (tertiary/aromatic N) is 5. The van der Waals surface area contributed by atoms with Crippen LogP contribution >= 0.6 is 0 Å². The molecule has 3 aromatic rings. The third-order valence-corrected chi connectivity index (χ3v) is 2.80. The van der Waals surface area contributed by atoms with Crippen LogP contribution in [0.5, 0.6) is 5.75 Å². The highest BCUT2D eigenvalue weighted by molar-refractivity contribution is 5.95. The summed E-state index contributed by atoms with van der Waals surface area (Å²) in [7, 11) is 3.11. The molecule has 0 unspecified atom stereocenters.